The van der Waals surface area contributed by atoms with Crippen LogP contribution in [0.1, 0.15) is 31.4 Å². The molecule has 2 N–H and O–H groups in total. The number of rotatable bonds is 10. The lowest BCUT2D eigenvalue weighted by Gasteiger charge is -2.18. The van der Waals surface area contributed by atoms with E-state index in [1.807, 2.05) is 30.3 Å². The smallest absolute Gasteiger partial charge is 0.248 e. The van der Waals surface area contributed by atoms with Crippen LogP contribution in [-0.4, -0.2) is 54.7 Å². The van der Waals surface area contributed by atoms with Gasteiger partial charge in [-0.15, -0.1) is 6.42 Å². The minimum Gasteiger partial charge on any atom is -0.486 e. The lowest BCUT2D eigenvalue weighted by Crippen LogP contribution is -2.23. The summed E-state index contributed by atoms with van der Waals surface area (Å²) in [6.07, 6.45) is 11.1. The highest BCUT2D eigenvalue weighted by Gasteiger charge is 2.21. The first-order valence-electron chi connectivity index (χ1n) is 12.7. The lowest BCUT2D eigenvalue weighted by atomic mass is 10.1. The molecule has 0 spiro atoms. The van der Waals surface area contributed by atoms with Gasteiger partial charge < -0.3 is 25.0 Å². The molecule has 1 saturated heterocycles. The maximum Gasteiger partial charge on any atom is 0.248 e. The number of carbonyl (C=O) groups excluding carboxylic acids is 1. The van der Waals surface area contributed by atoms with Gasteiger partial charge in [0.05, 0.1) is 35.7 Å². The quantitative estimate of drug-likeness (QED) is 0.298. The van der Waals surface area contributed by atoms with Crippen molar-refractivity contribution in [1.29, 1.82) is 5.26 Å². The van der Waals surface area contributed by atoms with Crippen molar-refractivity contribution in [3.05, 3.63) is 65.9 Å². The molecule has 38 heavy (non-hydrogen) atoms. The monoisotopic (exact) mass is 509 g/mol. The second kappa shape index (κ2) is 12.7. The number of pyridine rings is 1. The minimum atomic E-state index is -0.273. The number of hydrogen-bond acceptors (Lipinski definition) is 7. The second-order valence-corrected chi connectivity index (χ2v) is 8.86. The summed E-state index contributed by atoms with van der Waals surface area (Å²) in [7, 11) is 0. The summed E-state index contributed by atoms with van der Waals surface area (Å²) in [5.41, 5.74) is 3.47. The largest absolute Gasteiger partial charge is 0.486 e. The van der Waals surface area contributed by atoms with Crippen LogP contribution in [0.5, 0.6) is 5.75 Å². The summed E-state index contributed by atoms with van der Waals surface area (Å²) in [4.78, 5) is 19.6. The topological polar surface area (TPSA) is 99.5 Å². The van der Waals surface area contributed by atoms with E-state index in [0.717, 1.165) is 25.2 Å². The number of ether oxygens (including phenoxy) is 2. The van der Waals surface area contributed by atoms with E-state index < -0.39 is 0 Å². The first-order valence-corrected chi connectivity index (χ1v) is 12.7. The summed E-state index contributed by atoms with van der Waals surface area (Å²) in [6, 6.07) is 13.2. The Kier molecular flexibility index (Phi) is 8.94. The van der Waals surface area contributed by atoms with Crippen LogP contribution in [0.25, 0.3) is 10.9 Å². The molecule has 8 nitrogen and oxygen atoms in total. The number of nitrogens with zero attached hydrogens (tertiary/aromatic N) is 3. The summed E-state index contributed by atoms with van der Waals surface area (Å²) < 4.78 is 11.7. The second-order valence-electron chi connectivity index (χ2n) is 8.86. The third kappa shape index (κ3) is 6.49. The first kappa shape index (κ1) is 26.7. The Labute approximate surface area is 223 Å². The van der Waals surface area contributed by atoms with E-state index in [4.69, 9.17) is 15.9 Å². The molecule has 0 bridgehead atoms. The molecule has 194 valence electrons. The summed E-state index contributed by atoms with van der Waals surface area (Å²) >= 11 is 0. The molecule has 1 aliphatic rings. The summed E-state index contributed by atoms with van der Waals surface area (Å²) in [6.45, 7) is 7.77. The van der Waals surface area contributed by atoms with Crippen LogP contribution >= 0.6 is 0 Å². The van der Waals surface area contributed by atoms with Crippen molar-refractivity contribution >= 4 is 33.9 Å². The number of hydrogen-bond donors (Lipinski definition) is 2. The van der Waals surface area contributed by atoms with Crippen LogP contribution in [0.2, 0.25) is 0 Å². The average Bonchev–Trinajstić information content (AvgIpc) is 3.45. The fourth-order valence-electron chi connectivity index (χ4n) is 4.22. The van der Waals surface area contributed by atoms with Crippen molar-refractivity contribution in [3.63, 3.8) is 0 Å². The Hall–Kier alpha value is -4.37. The van der Waals surface area contributed by atoms with E-state index in [9.17, 15) is 10.1 Å². The zero-order valence-electron chi connectivity index (χ0n) is 21.7. The van der Waals surface area contributed by atoms with Crippen molar-refractivity contribution in [2.45, 2.75) is 26.4 Å². The van der Waals surface area contributed by atoms with E-state index in [2.05, 4.69) is 46.4 Å². The fourth-order valence-corrected chi connectivity index (χ4v) is 4.22. The maximum absolute atomic E-state index is 12.9. The molecule has 1 unspecified atom stereocenters. The fraction of sp³-hybridized carbons (Fsp3) is 0.300. The number of terminal acetylenes is 1. The van der Waals surface area contributed by atoms with Gasteiger partial charge in [0, 0.05) is 47.9 Å². The molecule has 1 fully saturated rings. The number of carbonyl (C=O) groups is 1. The Balaban J connectivity index is 1.72. The Bertz CT molecular complexity index is 1410. The Morgan fingerprint density at radius 3 is 2.87 bits per heavy atom. The van der Waals surface area contributed by atoms with Gasteiger partial charge in [0.25, 0.3) is 0 Å². The number of amides is 1. The molecule has 4 rings (SSSR count). The van der Waals surface area contributed by atoms with E-state index in [1.165, 1.54) is 12.3 Å². The third-order valence-electron chi connectivity index (χ3n) is 6.36. The number of nitriles is 1. The molecule has 1 atom stereocenters. The normalized spacial score (nSPS) is 14.9. The van der Waals surface area contributed by atoms with Crippen LogP contribution < -0.4 is 15.4 Å². The number of likely N-dealkylation sites (N-methyl/N-ethyl adjacent to an activating group) is 1. The van der Waals surface area contributed by atoms with Gasteiger partial charge in [0.1, 0.15) is 17.9 Å². The molecule has 1 aromatic heterocycles. The van der Waals surface area contributed by atoms with E-state index in [-0.39, 0.29) is 12.0 Å². The highest BCUT2D eigenvalue weighted by molar-refractivity contribution is 6.04. The predicted octanol–water partition coefficient (Wildman–Crippen LogP) is 4.84. The van der Waals surface area contributed by atoms with Crippen LogP contribution in [0, 0.1) is 23.7 Å². The molecular weight excluding hydrogens is 478 g/mol. The van der Waals surface area contributed by atoms with Crippen molar-refractivity contribution in [1.82, 2.24) is 9.88 Å². The van der Waals surface area contributed by atoms with Gasteiger partial charge in [0.2, 0.25) is 5.91 Å². The van der Waals surface area contributed by atoms with Gasteiger partial charge in [-0.25, -0.2) is 0 Å². The van der Waals surface area contributed by atoms with Gasteiger partial charge in [0.15, 0.2) is 0 Å². The van der Waals surface area contributed by atoms with Crippen molar-refractivity contribution in [2.24, 2.45) is 0 Å². The van der Waals surface area contributed by atoms with Gasteiger partial charge >= 0.3 is 0 Å². The van der Waals surface area contributed by atoms with Crippen LogP contribution in [-0.2, 0) is 9.53 Å². The maximum atomic E-state index is 12.9. The third-order valence-corrected chi connectivity index (χ3v) is 6.36. The molecule has 1 aliphatic heterocycles. The van der Waals surface area contributed by atoms with E-state index in [0.29, 0.717) is 58.9 Å². The number of aromatic nitrogens is 1. The van der Waals surface area contributed by atoms with Crippen LogP contribution in [0.15, 0.2) is 54.7 Å². The van der Waals surface area contributed by atoms with Gasteiger partial charge in [-0.3, -0.25) is 9.78 Å². The van der Waals surface area contributed by atoms with Crippen molar-refractivity contribution in [2.75, 3.05) is 43.5 Å². The first-order chi connectivity index (χ1) is 18.5. The van der Waals surface area contributed by atoms with Crippen molar-refractivity contribution in [3.8, 4) is 24.2 Å². The number of benzene rings is 2. The number of anilines is 3. The van der Waals surface area contributed by atoms with E-state index in [1.54, 1.807) is 12.1 Å². The van der Waals surface area contributed by atoms with Crippen LogP contribution in [0.4, 0.5) is 17.1 Å². The van der Waals surface area contributed by atoms with Gasteiger partial charge in [-0.05, 0) is 37.4 Å². The summed E-state index contributed by atoms with van der Waals surface area (Å²) in [5.74, 6) is 2.84. The molecule has 8 heteroatoms. The molecule has 0 radical (unpaired) electrons. The molecule has 3 aromatic rings. The number of nitrogens with one attached hydrogen (secondary N) is 2. The summed E-state index contributed by atoms with van der Waals surface area (Å²) in [5, 5.41) is 16.8. The van der Waals surface area contributed by atoms with Crippen molar-refractivity contribution < 1.29 is 14.3 Å². The predicted molar refractivity (Wildman–Crippen MR) is 150 cm³/mol. The molecular formula is C30H31N5O3. The van der Waals surface area contributed by atoms with Gasteiger partial charge in [-0.2, -0.15) is 5.26 Å². The average molecular weight is 510 g/mol. The lowest BCUT2D eigenvalue weighted by molar-refractivity contribution is -0.111. The molecule has 2 heterocycles. The Morgan fingerprint density at radius 2 is 2.16 bits per heavy atom. The number of fused-ring (bicyclic) bond motifs is 1. The zero-order chi connectivity index (χ0) is 26.9. The zero-order valence-corrected chi connectivity index (χ0v) is 21.7. The van der Waals surface area contributed by atoms with Gasteiger partial charge in [-0.1, -0.05) is 31.9 Å². The standard InChI is InChI=1S/C30H31N5O3/c1-4-21-9-7-10-23(15-21)33-30-22(18-31)19-32-26-17-28(38-24-12-14-37-20-24)27(16-25(26)30)34-29(36)11-8-13-35(5-2)6-3/h1,7-11,15-17,19,24H,5-6,12-14,20H2,2-3H3,(H,32,33)(H,34,36)/b11-8+. The van der Waals surface area contributed by atoms with Crippen LogP contribution in [0.3, 0.4) is 0 Å². The Morgan fingerprint density at radius 1 is 1.32 bits per heavy atom. The van der Waals surface area contributed by atoms with E-state index >= 15 is 0 Å². The minimum absolute atomic E-state index is 0.121. The highest BCUT2D eigenvalue weighted by atomic mass is 16.5. The SMILES string of the molecule is C#Cc1cccc(Nc2c(C#N)cnc3cc(OC4CCOC4)c(NC(=O)/C=C/CN(CC)CC)cc23)c1. The molecule has 2 aromatic carbocycles. The molecule has 1 amide bonds. The molecule has 0 aliphatic carbocycles. The molecule has 0 saturated carbocycles. The highest BCUT2D eigenvalue weighted by Crippen LogP contribution is 2.37.